The molecule has 1 unspecified atom stereocenters. The van der Waals surface area contributed by atoms with E-state index < -0.39 is 0 Å². The highest BCUT2D eigenvalue weighted by atomic mass is 79.9. The van der Waals surface area contributed by atoms with Gasteiger partial charge in [0.15, 0.2) is 0 Å². The number of rotatable bonds is 2. The summed E-state index contributed by atoms with van der Waals surface area (Å²) in [6, 6.07) is 1.94. The van der Waals surface area contributed by atoms with Gasteiger partial charge in [-0.15, -0.1) is 0 Å². The van der Waals surface area contributed by atoms with Crippen LogP contribution in [0.25, 0.3) is 0 Å². The molecule has 1 aromatic heterocycles. The number of ether oxygens (including phenoxy) is 1. The molecule has 0 spiro atoms. The Bertz CT molecular complexity index is 287. The Morgan fingerprint density at radius 2 is 2.46 bits per heavy atom. The van der Waals surface area contributed by atoms with Gasteiger partial charge in [0.05, 0.1) is 6.20 Å². The molecule has 2 heterocycles. The Morgan fingerprint density at radius 1 is 1.54 bits per heavy atom. The van der Waals surface area contributed by atoms with E-state index in [1.807, 2.05) is 6.07 Å². The van der Waals surface area contributed by atoms with E-state index in [1.54, 1.807) is 12.4 Å². The van der Waals surface area contributed by atoms with Crippen molar-refractivity contribution in [2.75, 3.05) is 13.1 Å². The Hall–Kier alpha value is -0.610. The van der Waals surface area contributed by atoms with Crippen LogP contribution in [0.15, 0.2) is 22.9 Å². The zero-order valence-corrected chi connectivity index (χ0v) is 8.75. The SMILES string of the molecule is Brc1cncc(OC2CCNC2)c1. The van der Waals surface area contributed by atoms with Crippen LogP contribution in [-0.2, 0) is 0 Å². The van der Waals surface area contributed by atoms with E-state index in [2.05, 4.69) is 26.2 Å². The van der Waals surface area contributed by atoms with Gasteiger partial charge in [0.25, 0.3) is 0 Å². The van der Waals surface area contributed by atoms with Gasteiger partial charge >= 0.3 is 0 Å². The minimum atomic E-state index is 0.302. The lowest BCUT2D eigenvalue weighted by Gasteiger charge is -2.11. The molecule has 1 fully saturated rings. The summed E-state index contributed by atoms with van der Waals surface area (Å²) in [6.07, 6.45) is 4.87. The number of nitrogens with zero attached hydrogens (tertiary/aromatic N) is 1. The summed E-state index contributed by atoms with van der Waals surface area (Å²) >= 11 is 3.35. The molecule has 0 aliphatic carbocycles. The van der Waals surface area contributed by atoms with E-state index in [0.29, 0.717) is 6.10 Å². The van der Waals surface area contributed by atoms with Crippen molar-refractivity contribution in [1.82, 2.24) is 10.3 Å². The average Bonchev–Trinajstić information content (AvgIpc) is 2.57. The third-order valence-electron chi connectivity index (χ3n) is 2.00. The van der Waals surface area contributed by atoms with Crippen LogP contribution in [0.1, 0.15) is 6.42 Å². The van der Waals surface area contributed by atoms with Crippen LogP contribution >= 0.6 is 15.9 Å². The molecule has 1 aromatic rings. The Labute approximate surface area is 85.6 Å². The molecule has 1 aliphatic heterocycles. The van der Waals surface area contributed by atoms with Crippen molar-refractivity contribution < 1.29 is 4.74 Å². The lowest BCUT2D eigenvalue weighted by molar-refractivity contribution is 0.222. The molecule has 0 saturated carbocycles. The smallest absolute Gasteiger partial charge is 0.139 e. The van der Waals surface area contributed by atoms with Crippen LogP contribution in [0.2, 0.25) is 0 Å². The fourth-order valence-corrected chi connectivity index (χ4v) is 1.72. The zero-order valence-electron chi connectivity index (χ0n) is 7.16. The minimum absolute atomic E-state index is 0.302. The summed E-state index contributed by atoms with van der Waals surface area (Å²) in [7, 11) is 0. The van der Waals surface area contributed by atoms with E-state index in [-0.39, 0.29) is 0 Å². The van der Waals surface area contributed by atoms with E-state index in [1.165, 1.54) is 0 Å². The van der Waals surface area contributed by atoms with Gasteiger partial charge in [-0.05, 0) is 35.0 Å². The summed E-state index contributed by atoms with van der Waals surface area (Å²) in [5, 5.41) is 3.25. The maximum Gasteiger partial charge on any atom is 0.139 e. The highest BCUT2D eigenvalue weighted by Gasteiger charge is 2.15. The van der Waals surface area contributed by atoms with Gasteiger partial charge in [-0.2, -0.15) is 0 Å². The monoisotopic (exact) mass is 242 g/mol. The fraction of sp³-hybridized carbons (Fsp3) is 0.444. The van der Waals surface area contributed by atoms with Crippen molar-refractivity contribution in [2.45, 2.75) is 12.5 Å². The number of hydrogen-bond acceptors (Lipinski definition) is 3. The molecular formula is C9H11BrN2O. The second kappa shape index (κ2) is 4.07. The van der Waals surface area contributed by atoms with E-state index in [9.17, 15) is 0 Å². The average molecular weight is 243 g/mol. The Morgan fingerprint density at radius 3 is 3.15 bits per heavy atom. The first-order chi connectivity index (χ1) is 6.34. The van der Waals surface area contributed by atoms with Crippen LogP contribution < -0.4 is 10.1 Å². The molecule has 0 aromatic carbocycles. The third kappa shape index (κ3) is 2.42. The summed E-state index contributed by atoms with van der Waals surface area (Å²) in [6.45, 7) is 1.98. The summed E-state index contributed by atoms with van der Waals surface area (Å²) in [5.74, 6) is 0.836. The van der Waals surface area contributed by atoms with Crippen molar-refractivity contribution in [3.05, 3.63) is 22.9 Å². The zero-order chi connectivity index (χ0) is 9.10. The van der Waals surface area contributed by atoms with E-state index in [4.69, 9.17) is 4.74 Å². The van der Waals surface area contributed by atoms with Crippen molar-refractivity contribution in [1.29, 1.82) is 0 Å². The van der Waals surface area contributed by atoms with Crippen molar-refractivity contribution in [2.24, 2.45) is 0 Å². The van der Waals surface area contributed by atoms with Crippen LogP contribution in [0.5, 0.6) is 5.75 Å². The molecule has 0 bridgehead atoms. The molecule has 2 rings (SSSR count). The molecule has 1 saturated heterocycles. The summed E-state index contributed by atoms with van der Waals surface area (Å²) < 4.78 is 6.66. The molecular weight excluding hydrogens is 232 g/mol. The third-order valence-corrected chi connectivity index (χ3v) is 2.43. The van der Waals surface area contributed by atoms with Crippen molar-refractivity contribution in [3.63, 3.8) is 0 Å². The highest BCUT2D eigenvalue weighted by molar-refractivity contribution is 9.10. The van der Waals surface area contributed by atoms with Crippen LogP contribution in [0.4, 0.5) is 0 Å². The largest absolute Gasteiger partial charge is 0.487 e. The lowest BCUT2D eigenvalue weighted by Crippen LogP contribution is -2.19. The molecule has 70 valence electrons. The number of halogens is 1. The van der Waals surface area contributed by atoms with Crippen molar-refractivity contribution >= 4 is 15.9 Å². The van der Waals surface area contributed by atoms with Crippen LogP contribution in [-0.4, -0.2) is 24.2 Å². The first kappa shape index (κ1) is 8.97. The standard InChI is InChI=1S/C9H11BrN2O/c10-7-3-9(6-12-4-7)13-8-1-2-11-5-8/h3-4,6,8,11H,1-2,5H2. The quantitative estimate of drug-likeness (QED) is 0.856. The first-order valence-corrected chi connectivity index (χ1v) is 5.12. The van der Waals surface area contributed by atoms with Gasteiger partial charge in [-0.25, -0.2) is 0 Å². The predicted octanol–water partition coefficient (Wildman–Crippen LogP) is 1.58. The second-order valence-electron chi connectivity index (χ2n) is 3.07. The Balaban J connectivity index is 2.00. The van der Waals surface area contributed by atoms with Gasteiger partial charge in [-0.1, -0.05) is 0 Å². The first-order valence-electron chi connectivity index (χ1n) is 4.32. The molecule has 4 heteroatoms. The van der Waals surface area contributed by atoms with Gasteiger partial charge < -0.3 is 10.1 Å². The van der Waals surface area contributed by atoms with Gasteiger partial charge in [0, 0.05) is 17.2 Å². The molecule has 1 aliphatic rings. The van der Waals surface area contributed by atoms with Gasteiger partial charge in [0.1, 0.15) is 11.9 Å². The summed E-state index contributed by atoms with van der Waals surface area (Å²) in [4.78, 5) is 4.03. The number of hydrogen-bond donors (Lipinski definition) is 1. The lowest BCUT2D eigenvalue weighted by atomic mass is 10.3. The topological polar surface area (TPSA) is 34.1 Å². The maximum absolute atomic E-state index is 5.70. The van der Waals surface area contributed by atoms with Crippen LogP contribution in [0.3, 0.4) is 0 Å². The normalized spacial score (nSPS) is 21.8. The summed E-state index contributed by atoms with van der Waals surface area (Å²) in [5.41, 5.74) is 0. The molecule has 0 amide bonds. The maximum atomic E-state index is 5.70. The van der Waals surface area contributed by atoms with E-state index >= 15 is 0 Å². The van der Waals surface area contributed by atoms with Crippen molar-refractivity contribution in [3.8, 4) is 5.75 Å². The Kier molecular flexibility index (Phi) is 2.80. The number of pyridine rings is 1. The van der Waals surface area contributed by atoms with Gasteiger partial charge in [-0.3, -0.25) is 4.98 Å². The predicted molar refractivity (Wildman–Crippen MR) is 53.8 cm³/mol. The highest BCUT2D eigenvalue weighted by Crippen LogP contribution is 2.18. The van der Waals surface area contributed by atoms with E-state index in [0.717, 1.165) is 29.7 Å². The number of aromatic nitrogens is 1. The molecule has 13 heavy (non-hydrogen) atoms. The fourth-order valence-electron chi connectivity index (χ4n) is 1.38. The molecule has 3 nitrogen and oxygen atoms in total. The second-order valence-corrected chi connectivity index (χ2v) is 3.99. The van der Waals surface area contributed by atoms with Crippen LogP contribution in [0, 0.1) is 0 Å². The number of nitrogens with one attached hydrogen (secondary N) is 1. The molecule has 0 radical (unpaired) electrons. The molecule has 1 atom stereocenters. The molecule has 1 N–H and O–H groups in total. The minimum Gasteiger partial charge on any atom is -0.487 e. The van der Waals surface area contributed by atoms with Gasteiger partial charge in [0.2, 0.25) is 0 Å².